The number of hydroxylamine groups is 2. The number of aliphatic hydroxyl groups excluding tert-OH is 2. The minimum Gasteiger partial charge on any atom is -0.724 e. The van der Waals surface area contributed by atoms with E-state index in [1.54, 1.807) is 6.08 Å². The van der Waals surface area contributed by atoms with Gasteiger partial charge in [-0.3, -0.25) is 0 Å². The molecule has 3 rings (SSSR count). The summed E-state index contributed by atoms with van der Waals surface area (Å²) >= 11 is 0. The summed E-state index contributed by atoms with van der Waals surface area (Å²) in [6, 6.07) is 0.0278. The van der Waals surface area contributed by atoms with Gasteiger partial charge in [-0.25, -0.2) is 17.9 Å². The van der Waals surface area contributed by atoms with Crippen molar-refractivity contribution < 1.29 is 61.8 Å². The summed E-state index contributed by atoms with van der Waals surface area (Å²) in [4.78, 5) is 13.3. The van der Waals surface area contributed by atoms with Crippen molar-refractivity contribution in [3.63, 3.8) is 0 Å². The van der Waals surface area contributed by atoms with E-state index in [0.29, 0.717) is 10.8 Å². The predicted molar refractivity (Wildman–Crippen MR) is 71.9 cm³/mol. The number of hydrogen-bond acceptors (Lipinski definition) is 8. The Morgan fingerprint density at radius 1 is 1.50 bits per heavy atom. The maximum absolute atomic E-state index is 12.0. The molecule has 1 unspecified atom stereocenters. The third-order valence-electron chi connectivity index (χ3n) is 3.50. The van der Waals surface area contributed by atoms with E-state index in [1.807, 2.05) is 0 Å². The summed E-state index contributed by atoms with van der Waals surface area (Å²) in [7, 11) is -5.06. The molecule has 126 valence electrons. The Morgan fingerprint density at radius 2 is 2.21 bits per heavy atom. The van der Waals surface area contributed by atoms with Gasteiger partial charge in [0.05, 0.1) is 24.5 Å². The second-order valence-electron chi connectivity index (χ2n) is 5.08. The van der Waals surface area contributed by atoms with E-state index in [-0.39, 0.29) is 48.3 Å². The summed E-state index contributed by atoms with van der Waals surface area (Å²) in [5.41, 5.74) is 0.795. The van der Waals surface area contributed by atoms with Crippen molar-refractivity contribution in [3.05, 3.63) is 24.0 Å². The quantitative estimate of drug-likeness (QED) is 0.299. The first-order valence-corrected chi connectivity index (χ1v) is 7.91. The zero-order valence-corrected chi connectivity index (χ0v) is 15.5. The van der Waals surface area contributed by atoms with Gasteiger partial charge < -0.3 is 19.7 Å². The third-order valence-corrected chi connectivity index (χ3v) is 3.84. The minimum absolute atomic E-state index is 0. The zero-order chi connectivity index (χ0) is 16.8. The average molecular weight is 368 g/mol. The van der Waals surface area contributed by atoms with Gasteiger partial charge >= 0.3 is 35.6 Å². The van der Waals surface area contributed by atoms with Crippen molar-refractivity contribution in [2.45, 2.75) is 12.1 Å². The molecule has 24 heavy (non-hydrogen) atoms. The van der Waals surface area contributed by atoms with Crippen LogP contribution < -0.4 is 29.6 Å². The molecule has 13 heteroatoms. The van der Waals surface area contributed by atoms with E-state index in [2.05, 4.69) is 9.38 Å². The number of urea groups is 1. The van der Waals surface area contributed by atoms with Crippen molar-refractivity contribution in [1.82, 2.24) is 19.7 Å². The van der Waals surface area contributed by atoms with Gasteiger partial charge in [0.2, 0.25) is 10.4 Å². The van der Waals surface area contributed by atoms with Crippen molar-refractivity contribution in [2.75, 3.05) is 19.7 Å². The molecule has 2 amide bonds. The Morgan fingerprint density at radius 3 is 2.83 bits per heavy atom. The molecule has 0 aliphatic carbocycles. The van der Waals surface area contributed by atoms with Crippen LogP contribution in [0.25, 0.3) is 5.70 Å². The van der Waals surface area contributed by atoms with Gasteiger partial charge in [0.1, 0.15) is 12.1 Å². The van der Waals surface area contributed by atoms with E-state index in [4.69, 9.17) is 5.11 Å². The van der Waals surface area contributed by atoms with Gasteiger partial charge in [0.15, 0.2) is 0 Å². The fraction of sp³-hybridized carbons (Fsp3) is 0.455. The van der Waals surface area contributed by atoms with Gasteiger partial charge in [-0.15, -0.1) is 0 Å². The number of carbonyl (C=O) groups excluding carboxylic acids is 1. The molecule has 2 N–H and O–H groups in total. The van der Waals surface area contributed by atoms with Crippen LogP contribution >= 0.6 is 0 Å². The number of fused-ring (bicyclic) bond motifs is 2. The molecule has 2 aliphatic rings. The first-order chi connectivity index (χ1) is 10.8. The standard InChI is InChI=1S/C11H14N4O7S.Na/c16-6-10(17)9-1-2-14(12-9)7-3-8-5-13(4-7)11(18)15(8)22-23(19,20)21;/h1-3,8,10,16-17H,4-6H2,(H,19,20,21);/q;+1/p-1/t8?,10-;/m1./s1. The number of rotatable bonds is 5. The molecule has 1 aromatic rings. The first kappa shape index (κ1) is 19.3. The molecule has 2 bridgehead atoms. The predicted octanol–water partition coefficient (Wildman–Crippen LogP) is -4.73. The van der Waals surface area contributed by atoms with Crippen molar-refractivity contribution >= 4 is 22.1 Å². The van der Waals surface area contributed by atoms with Crippen LogP contribution in [0.15, 0.2) is 18.3 Å². The van der Waals surface area contributed by atoms with E-state index >= 15 is 0 Å². The van der Waals surface area contributed by atoms with Crippen molar-refractivity contribution in [2.24, 2.45) is 0 Å². The average Bonchev–Trinajstić information content (AvgIpc) is 3.06. The maximum atomic E-state index is 12.0. The zero-order valence-electron chi connectivity index (χ0n) is 12.6. The van der Waals surface area contributed by atoms with Crippen LogP contribution in [0.1, 0.15) is 11.8 Å². The van der Waals surface area contributed by atoms with Crippen LogP contribution in [0, 0.1) is 0 Å². The number of amides is 2. The Hall–Kier alpha value is -0.990. The molecule has 0 aromatic carbocycles. The second kappa shape index (κ2) is 7.09. The molecule has 3 heterocycles. The van der Waals surface area contributed by atoms with Gasteiger partial charge in [-0.05, 0) is 12.1 Å². The normalized spacial score (nSPS) is 21.5. The summed E-state index contributed by atoms with van der Waals surface area (Å²) in [6.07, 6.45) is 1.96. The van der Waals surface area contributed by atoms with Crippen LogP contribution in [0.3, 0.4) is 0 Å². The Balaban J connectivity index is 0.00000208. The topological polar surface area (TPSA) is 148 Å². The molecule has 1 saturated heterocycles. The molecular weight excluding hydrogens is 355 g/mol. The van der Waals surface area contributed by atoms with Gasteiger partial charge in [-0.1, -0.05) is 0 Å². The van der Waals surface area contributed by atoms with Gasteiger partial charge in [0, 0.05) is 12.7 Å². The molecule has 0 spiro atoms. The molecule has 2 atom stereocenters. The van der Waals surface area contributed by atoms with Crippen LogP contribution in [-0.4, -0.2) is 74.7 Å². The molecule has 2 aliphatic heterocycles. The SMILES string of the molecule is O=C1N2CC(n3ccc([C@H](O)CO)n3)=CC(C2)N1OS(=O)(=O)[O-].[Na+]. The fourth-order valence-electron chi connectivity index (χ4n) is 2.49. The van der Waals surface area contributed by atoms with E-state index in [9.17, 15) is 22.9 Å². The first-order valence-electron chi connectivity index (χ1n) is 6.57. The van der Waals surface area contributed by atoms with Gasteiger partial charge in [0.25, 0.3) is 0 Å². The number of aromatic nitrogens is 2. The molecule has 1 fully saturated rings. The summed E-state index contributed by atoms with van der Waals surface area (Å²) < 4.78 is 37.7. The summed E-state index contributed by atoms with van der Waals surface area (Å²) in [6.45, 7) is -0.165. The van der Waals surface area contributed by atoms with E-state index in [0.717, 1.165) is 0 Å². The number of hydrogen-bond donors (Lipinski definition) is 2. The molecule has 0 radical (unpaired) electrons. The summed E-state index contributed by atoms with van der Waals surface area (Å²) in [5, 5.41) is 23.0. The monoisotopic (exact) mass is 368 g/mol. The molecule has 1 aromatic heterocycles. The second-order valence-corrected chi connectivity index (χ2v) is 6.05. The third kappa shape index (κ3) is 3.81. The number of carbonyl (C=O) groups is 1. The maximum Gasteiger partial charge on any atom is 1.00 e. The molecule has 11 nitrogen and oxygen atoms in total. The van der Waals surface area contributed by atoms with Gasteiger partial charge in [-0.2, -0.15) is 14.4 Å². The fourth-order valence-corrected chi connectivity index (χ4v) is 2.86. The Labute approximate surface area is 159 Å². The Kier molecular flexibility index (Phi) is 5.71. The largest absolute Gasteiger partial charge is 1.00 e. The smallest absolute Gasteiger partial charge is 0.724 e. The van der Waals surface area contributed by atoms with E-state index in [1.165, 1.54) is 21.8 Å². The van der Waals surface area contributed by atoms with Crippen LogP contribution in [0.5, 0.6) is 0 Å². The van der Waals surface area contributed by atoms with Crippen molar-refractivity contribution in [1.29, 1.82) is 0 Å². The minimum atomic E-state index is -5.06. The van der Waals surface area contributed by atoms with Crippen molar-refractivity contribution in [3.8, 4) is 0 Å². The van der Waals surface area contributed by atoms with Crippen LogP contribution in [-0.2, 0) is 14.7 Å². The number of aliphatic hydroxyl groups is 2. The molecular formula is C11H13N4NaO7S. The van der Waals surface area contributed by atoms with E-state index < -0.39 is 35.2 Å². The van der Waals surface area contributed by atoms with Crippen LogP contribution in [0.4, 0.5) is 4.79 Å². The van der Waals surface area contributed by atoms with Crippen LogP contribution in [0.2, 0.25) is 0 Å². The molecule has 0 saturated carbocycles. The number of nitrogens with zero attached hydrogens (tertiary/aromatic N) is 4. The Bertz CT molecular complexity index is 764. The summed E-state index contributed by atoms with van der Waals surface area (Å²) in [5.74, 6) is 0.